The van der Waals surface area contributed by atoms with Gasteiger partial charge in [0, 0.05) is 6.07 Å². The van der Waals surface area contributed by atoms with Crippen molar-refractivity contribution in [1.29, 1.82) is 0 Å². The zero-order valence-corrected chi connectivity index (χ0v) is 11.6. The molecule has 0 aliphatic carbocycles. The predicted octanol–water partition coefficient (Wildman–Crippen LogP) is 1.15. The number of nitrogens with one attached hydrogen (secondary N) is 1. The molecule has 2 rings (SSSR count). The standard InChI is InChI=1S/C10H14N6O2S/c1-10(2,3)16-9(12-14-15-16)19-6-8(17)11-7-4-5-18-13-7/h4-5H,6H2,1-3H3,(H,11,13,17). The molecule has 0 bridgehead atoms. The highest BCUT2D eigenvalue weighted by Gasteiger charge is 2.20. The van der Waals surface area contributed by atoms with E-state index in [1.54, 1.807) is 10.7 Å². The number of hydrogen-bond donors (Lipinski definition) is 1. The minimum atomic E-state index is -0.228. The lowest BCUT2D eigenvalue weighted by molar-refractivity contribution is -0.113. The molecule has 0 saturated heterocycles. The number of carbonyl (C=O) groups excluding carboxylic acids is 1. The van der Waals surface area contributed by atoms with Crippen LogP contribution in [0.15, 0.2) is 22.0 Å². The molecule has 9 heteroatoms. The fourth-order valence-corrected chi connectivity index (χ4v) is 2.14. The van der Waals surface area contributed by atoms with Crippen molar-refractivity contribution >= 4 is 23.5 Å². The zero-order chi connectivity index (χ0) is 13.9. The molecule has 2 heterocycles. The van der Waals surface area contributed by atoms with Crippen LogP contribution in [0, 0.1) is 0 Å². The van der Waals surface area contributed by atoms with Gasteiger partial charge in [0.1, 0.15) is 6.26 Å². The van der Waals surface area contributed by atoms with E-state index in [0.29, 0.717) is 11.0 Å². The summed E-state index contributed by atoms with van der Waals surface area (Å²) < 4.78 is 6.30. The van der Waals surface area contributed by atoms with E-state index in [-0.39, 0.29) is 17.2 Å². The number of rotatable bonds is 4. The largest absolute Gasteiger partial charge is 0.363 e. The molecule has 1 N–H and O–H groups in total. The maximum Gasteiger partial charge on any atom is 0.236 e. The average Bonchev–Trinajstić information content (AvgIpc) is 2.95. The molecule has 0 saturated carbocycles. The van der Waals surface area contributed by atoms with Gasteiger partial charge in [-0.15, -0.1) is 5.10 Å². The molecule has 2 aromatic rings. The van der Waals surface area contributed by atoms with E-state index in [9.17, 15) is 4.79 Å². The van der Waals surface area contributed by atoms with Gasteiger partial charge in [-0.05, 0) is 31.2 Å². The first kappa shape index (κ1) is 13.5. The lowest BCUT2D eigenvalue weighted by Crippen LogP contribution is -2.24. The van der Waals surface area contributed by atoms with Crippen molar-refractivity contribution in [2.45, 2.75) is 31.5 Å². The van der Waals surface area contributed by atoms with Crippen LogP contribution in [0.4, 0.5) is 5.82 Å². The Morgan fingerprint density at radius 3 is 2.95 bits per heavy atom. The highest BCUT2D eigenvalue weighted by atomic mass is 32.2. The van der Waals surface area contributed by atoms with Crippen molar-refractivity contribution in [2.24, 2.45) is 0 Å². The van der Waals surface area contributed by atoms with E-state index in [1.165, 1.54) is 18.0 Å². The monoisotopic (exact) mass is 282 g/mol. The Balaban J connectivity index is 1.92. The lowest BCUT2D eigenvalue weighted by Gasteiger charge is -2.19. The number of amides is 1. The van der Waals surface area contributed by atoms with Crippen LogP contribution in [0.25, 0.3) is 0 Å². The number of carbonyl (C=O) groups is 1. The van der Waals surface area contributed by atoms with Gasteiger partial charge in [0.05, 0.1) is 11.3 Å². The first-order chi connectivity index (χ1) is 8.97. The van der Waals surface area contributed by atoms with E-state index >= 15 is 0 Å². The van der Waals surface area contributed by atoms with Crippen molar-refractivity contribution in [1.82, 2.24) is 25.4 Å². The van der Waals surface area contributed by atoms with Gasteiger partial charge in [-0.25, -0.2) is 4.68 Å². The van der Waals surface area contributed by atoms with Crippen LogP contribution in [0.3, 0.4) is 0 Å². The molecule has 0 atom stereocenters. The molecule has 0 unspecified atom stereocenters. The van der Waals surface area contributed by atoms with Crippen molar-refractivity contribution in [3.63, 3.8) is 0 Å². The van der Waals surface area contributed by atoms with Gasteiger partial charge in [-0.3, -0.25) is 4.79 Å². The fourth-order valence-electron chi connectivity index (χ4n) is 1.28. The van der Waals surface area contributed by atoms with Crippen LogP contribution in [-0.2, 0) is 10.3 Å². The minimum absolute atomic E-state index is 0.192. The topological polar surface area (TPSA) is 98.7 Å². The maximum atomic E-state index is 11.7. The van der Waals surface area contributed by atoms with Crippen LogP contribution in [0.1, 0.15) is 20.8 Å². The van der Waals surface area contributed by atoms with E-state index in [4.69, 9.17) is 0 Å². The molecule has 0 spiro atoms. The Morgan fingerprint density at radius 2 is 2.32 bits per heavy atom. The van der Waals surface area contributed by atoms with Crippen LogP contribution in [-0.4, -0.2) is 37.0 Å². The Bertz CT molecular complexity index is 545. The lowest BCUT2D eigenvalue weighted by atomic mass is 10.1. The van der Waals surface area contributed by atoms with Gasteiger partial charge in [0.2, 0.25) is 11.1 Å². The summed E-state index contributed by atoms with van der Waals surface area (Å²) in [5.74, 6) is 0.395. The Kier molecular flexibility index (Phi) is 3.84. The second-order valence-corrected chi connectivity index (χ2v) is 5.71. The maximum absolute atomic E-state index is 11.7. The van der Waals surface area contributed by atoms with E-state index in [1.807, 2.05) is 20.8 Å². The quantitative estimate of drug-likeness (QED) is 0.839. The summed E-state index contributed by atoms with van der Waals surface area (Å²) in [5.41, 5.74) is -0.228. The van der Waals surface area contributed by atoms with Gasteiger partial charge < -0.3 is 9.84 Å². The zero-order valence-electron chi connectivity index (χ0n) is 10.8. The molecule has 0 aliphatic rings. The SMILES string of the molecule is CC(C)(C)n1nnnc1SCC(=O)Nc1ccon1. The van der Waals surface area contributed by atoms with Crippen molar-refractivity contribution in [3.05, 3.63) is 12.3 Å². The number of anilines is 1. The third-order valence-corrected chi connectivity index (χ3v) is 3.03. The summed E-state index contributed by atoms with van der Waals surface area (Å²) in [4.78, 5) is 11.7. The molecule has 0 fully saturated rings. The summed E-state index contributed by atoms with van der Waals surface area (Å²) in [6.45, 7) is 5.97. The van der Waals surface area contributed by atoms with Crippen LogP contribution in [0.5, 0.6) is 0 Å². The number of tetrazole rings is 1. The summed E-state index contributed by atoms with van der Waals surface area (Å²) >= 11 is 1.27. The van der Waals surface area contributed by atoms with Crippen molar-refractivity contribution < 1.29 is 9.32 Å². The van der Waals surface area contributed by atoms with Crippen molar-refractivity contribution in [3.8, 4) is 0 Å². The summed E-state index contributed by atoms with van der Waals surface area (Å²) in [5, 5.41) is 18.2. The van der Waals surface area contributed by atoms with Gasteiger partial charge in [0.25, 0.3) is 0 Å². The third-order valence-electron chi connectivity index (χ3n) is 2.11. The Hall–Kier alpha value is -1.90. The molecule has 0 aliphatic heterocycles. The smallest absolute Gasteiger partial charge is 0.236 e. The average molecular weight is 282 g/mol. The van der Waals surface area contributed by atoms with Gasteiger partial charge >= 0.3 is 0 Å². The highest BCUT2D eigenvalue weighted by Crippen LogP contribution is 2.21. The fraction of sp³-hybridized carbons (Fsp3) is 0.500. The molecular formula is C10H14N6O2S. The van der Waals surface area contributed by atoms with E-state index in [0.717, 1.165) is 0 Å². The third kappa shape index (κ3) is 3.53. The first-order valence-electron chi connectivity index (χ1n) is 5.59. The molecule has 0 radical (unpaired) electrons. The van der Waals surface area contributed by atoms with E-state index in [2.05, 4.69) is 30.5 Å². The van der Waals surface area contributed by atoms with Gasteiger partial charge in [0.15, 0.2) is 5.82 Å². The van der Waals surface area contributed by atoms with Crippen LogP contribution < -0.4 is 5.32 Å². The Labute approximate surface area is 113 Å². The van der Waals surface area contributed by atoms with E-state index < -0.39 is 0 Å². The summed E-state index contributed by atoms with van der Waals surface area (Å²) in [6.07, 6.45) is 1.39. The molecule has 0 aromatic carbocycles. The molecule has 102 valence electrons. The molecule has 8 nitrogen and oxygen atoms in total. The van der Waals surface area contributed by atoms with Gasteiger partial charge in [-0.2, -0.15) is 0 Å². The predicted molar refractivity (Wildman–Crippen MR) is 68.7 cm³/mol. The summed E-state index contributed by atoms with van der Waals surface area (Å²) in [6, 6.07) is 1.57. The molecular weight excluding hydrogens is 268 g/mol. The van der Waals surface area contributed by atoms with Crippen molar-refractivity contribution in [2.75, 3.05) is 11.1 Å². The number of aromatic nitrogens is 5. The highest BCUT2D eigenvalue weighted by molar-refractivity contribution is 7.99. The number of thioether (sulfide) groups is 1. The van der Waals surface area contributed by atoms with Gasteiger partial charge in [-0.1, -0.05) is 16.9 Å². The summed E-state index contributed by atoms with van der Waals surface area (Å²) in [7, 11) is 0. The van der Waals surface area contributed by atoms with Crippen LogP contribution >= 0.6 is 11.8 Å². The first-order valence-corrected chi connectivity index (χ1v) is 6.57. The molecule has 2 aromatic heterocycles. The normalized spacial score (nSPS) is 11.5. The number of nitrogens with zero attached hydrogens (tertiary/aromatic N) is 5. The Morgan fingerprint density at radius 1 is 1.53 bits per heavy atom. The van der Waals surface area contributed by atoms with Crippen LogP contribution in [0.2, 0.25) is 0 Å². The number of hydrogen-bond acceptors (Lipinski definition) is 7. The molecule has 19 heavy (non-hydrogen) atoms. The minimum Gasteiger partial charge on any atom is -0.363 e. The second-order valence-electron chi connectivity index (χ2n) is 4.77. The molecule has 1 amide bonds. The second kappa shape index (κ2) is 5.39.